The van der Waals surface area contributed by atoms with Crippen LogP contribution >= 0.6 is 23.6 Å². The Morgan fingerprint density at radius 3 is 2.53 bits per heavy atom. The summed E-state index contributed by atoms with van der Waals surface area (Å²) in [5, 5.41) is 6.76. The van der Waals surface area contributed by atoms with E-state index in [0.717, 1.165) is 44.1 Å². The molecule has 0 aliphatic heterocycles. The predicted octanol–water partition coefficient (Wildman–Crippen LogP) is 5.86. The third-order valence-corrected chi connectivity index (χ3v) is 7.24. The minimum Gasteiger partial charge on any atom is -0.465 e. The number of hydrogen-bond acceptors (Lipinski definition) is 5. The average molecular weight is 453 g/mol. The summed E-state index contributed by atoms with van der Waals surface area (Å²) < 4.78 is 5.04. The van der Waals surface area contributed by atoms with Crippen molar-refractivity contribution in [3.05, 3.63) is 16.0 Å². The van der Waals surface area contributed by atoms with Crippen LogP contribution in [0.25, 0.3) is 0 Å². The molecule has 7 heteroatoms. The number of carbonyl (C=O) groups is 2. The van der Waals surface area contributed by atoms with Crippen LogP contribution in [0.3, 0.4) is 0 Å². The van der Waals surface area contributed by atoms with Crippen molar-refractivity contribution in [1.82, 2.24) is 5.32 Å². The van der Waals surface area contributed by atoms with Crippen LogP contribution in [0, 0.1) is 11.3 Å². The third-order valence-electron chi connectivity index (χ3n) is 5.87. The van der Waals surface area contributed by atoms with Gasteiger partial charge in [0.2, 0.25) is 5.91 Å². The maximum absolute atomic E-state index is 12.5. The number of fused-ring (bicyclic) bond motifs is 1. The monoisotopic (exact) mass is 452 g/mol. The third kappa shape index (κ3) is 6.77. The number of hydrogen-bond donors (Lipinski definition) is 2. The van der Waals surface area contributed by atoms with Crippen molar-refractivity contribution in [2.45, 2.75) is 85.5 Å². The van der Waals surface area contributed by atoms with Gasteiger partial charge in [-0.15, -0.1) is 11.3 Å². The molecule has 1 aromatic rings. The Morgan fingerprint density at radius 1 is 1.20 bits per heavy atom. The van der Waals surface area contributed by atoms with E-state index in [1.807, 2.05) is 0 Å². The number of amides is 1. The molecule has 1 heterocycles. The SMILES string of the molecule is CCCCCCCC(=O)NC(=S)Nc1sc2c(c1C(=O)OC)CCC(C(C)(C)C)C2. The molecule has 0 saturated heterocycles. The Balaban J connectivity index is 2.04. The lowest BCUT2D eigenvalue weighted by molar-refractivity contribution is -0.119. The van der Waals surface area contributed by atoms with Gasteiger partial charge in [-0.25, -0.2) is 4.79 Å². The summed E-state index contributed by atoms with van der Waals surface area (Å²) in [5.74, 6) is 0.133. The van der Waals surface area contributed by atoms with Crippen LogP contribution < -0.4 is 10.6 Å². The zero-order valence-electron chi connectivity index (χ0n) is 19.0. The molecule has 1 aliphatic carbocycles. The quantitative estimate of drug-likeness (QED) is 0.294. The molecule has 0 aromatic carbocycles. The number of ether oxygens (including phenoxy) is 1. The molecule has 0 radical (unpaired) electrons. The van der Waals surface area contributed by atoms with Crippen molar-refractivity contribution < 1.29 is 14.3 Å². The van der Waals surface area contributed by atoms with E-state index in [1.54, 1.807) is 11.3 Å². The van der Waals surface area contributed by atoms with Gasteiger partial charge in [0.25, 0.3) is 0 Å². The van der Waals surface area contributed by atoms with Crippen LogP contribution in [-0.2, 0) is 22.4 Å². The summed E-state index contributed by atoms with van der Waals surface area (Å²) in [6.07, 6.45) is 8.79. The number of unbranched alkanes of at least 4 members (excludes halogenated alkanes) is 4. The number of anilines is 1. The summed E-state index contributed by atoms with van der Waals surface area (Å²) in [6, 6.07) is 0. The molecule has 1 unspecified atom stereocenters. The van der Waals surface area contributed by atoms with E-state index in [9.17, 15) is 9.59 Å². The highest BCUT2D eigenvalue weighted by atomic mass is 32.1. The molecule has 1 aliphatic rings. The fourth-order valence-electron chi connectivity index (χ4n) is 3.94. The second-order valence-corrected chi connectivity index (χ2v) is 10.7. The molecule has 2 N–H and O–H groups in total. The molecule has 0 spiro atoms. The van der Waals surface area contributed by atoms with Crippen LogP contribution in [0.5, 0.6) is 0 Å². The molecule has 0 fully saturated rings. The fraction of sp³-hybridized carbons (Fsp3) is 0.696. The Hall–Kier alpha value is -1.47. The average Bonchev–Trinajstić information content (AvgIpc) is 3.03. The highest BCUT2D eigenvalue weighted by Gasteiger charge is 2.34. The van der Waals surface area contributed by atoms with Gasteiger partial charge in [0.15, 0.2) is 5.11 Å². The largest absolute Gasteiger partial charge is 0.465 e. The number of esters is 1. The van der Waals surface area contributed by atoms with Gasteiger partial charge in [-0.3, -0.25) is 4.79 Å². The number of rotatable bonds is 8. The lowest BCUT2D eigenvalue weighted by Gasteiger charge is -2.33. The zero-order valence-corrected chi connectivity index (χ0v) is 20.6. The Kier molecular flexibility index (Phi) is 9.29. The Labute approximate surface area is 190 Å². The van der Waals surface area contributed by atoms with Gasteiger partial charge in [-0.2, -0.15) is 0 Å². The van der Waals surface area contributed by atoms with E-state index >= 15 is 0 Å². The van der Waals surface area contributed by atoms with E-state index in [4.69, 9.17) is 17.0 Å². The Morgan fingerprint density at radius 2 is 1.90 bits per heavy atom. The fourth-order valence-corrected chi connectivity index (χ4v) is 5.54. The van der Waals surface area contributed by atoms with Crippen LogP contribution in [0.15, 0.2) is 0 Å². The molecule has 0 saturated carbocycles. The first-order chi connectivity index (χ1) is 14.2. The molecule has 0 bridgehead atoms. The van der Waals surface area contributed by atoms with Gasteiger partial charge in [-0.05, 0) is 54.8 Å². The predicted molar refractivity (Wildman–Crippen MR) is 128 cm³/mol. The second kappa shape index (κ2) is 11.2. The first kappa shape index (κ1) is 24.8. The van der Waals surface area contributed by atoms with Crippen molar-refractivity contribution in [2.75, 3.05) is 12.4 Å². The normalized spacial score (nSPS) is 16.0. The van der Waals surface area contributed by atoms with Gasteiger partial charge in [0.05, 0.1) is 12.7 Å². The van der Waals surface area contributed by atoms with E-state index in [0.29, 0.717) is 22.9 Å². The molecule has 168 valence electrons. The lowest BCUT2D eigenvalue weighted by atomic mass is 9.72. The minimum atomic E-state index is -0.353. The highest BCUT2D eigenvalue weighted by Crippen LogP contribution is 2.44. The maximum atomic E-state index is 12.5. The maximum Gasteiger partial charge on any atom is 0.341 e. The summed E-state index contributed by atoms with van der Waals surface area (Å²) in [5.41, 5.74) is 1.86. The van der Waals surface area contributed by atoms with Crippen molar-refractivity contribution in [3.8, 4) is 0 Å². The molecular formula is C23H36N2O3S2. The standard InChI is InChI=1S/C23H36N2O3S2/c1-6-7-8-9-10-11-18(26)24-22(29)25-20-19(21(27)28-5)16-13-12-15(23(2,3)4)14-17(16)30-20/h15H,6-14H2,1-5H3,(H2,24,25,26,29). The van der Waals surface area contributed by atoms with Gasteiger partial charge in [-0.1, -0.05) is 53.4 Å². The summed E-state index contributed by atoms with van der Waals surface area (Å²) in [7, 11) is 1.40. The van der Waals surface area contributed by atoms with Gasteiger partial charge in [0.1, 0.15) is 5.00 Å². The van der Waals surface area contributed by atoms with Crippen molar-refractivity contribution in [3.63, 3.8) is 0 Å². The number of carbonyl (C=O) groups excluding carboxylic acids is 2. The first-order valence-electron chi connectivity index (χ1n) is 11.0. The lowest BCUT2D eigenvalue weighted by Crippen LogP contribution is -2.34. The van der Waals surface area contributed by atoms with Crippen LogP contribution in [0.4, 0.5) is 5.00 Å². The molecule has 2 rings (SSSR count). The molecule has 5 nitrogen and oxygen atoms in total. The van der Waals surface area contributed by atoms with Gasteiger partial charge in [0, 0.05) is 11.3 Å². The number of thiophene rings is 1. The van der Waals surface area contributed by atoms with Crippen molar-refractivity contribution in [1.29, 1.82) is 0 Å². The smallest absolute Gasteiger partial charge is 0.341 e. The van der Waals surface area contributed by atoms with E-state index in [2.05, 4.69) is 38.3 Å². The summed E-state index contributed by atoms with van der Waals surface area (Å²) in [4.78, 5) is 25.9. The number of thiocarbonyl (C=S) groups is 1. The molecule has 1 aromatic heterocycles. The van der Waals surface area contributed by atoms with E-state index in [-0.39, 0.29) is 22.4 Å². The van der Waals surface area contributed by atoms with Gasteiger partial charge < -0.3 is 15.4 Å². The molecule has 30 heavy (non-hydrogen) atoms. The number of nitrogens with one attached hydrogen (secondary N) is 2. The van der Waals surface area contributed by atoms with Crippen molar-refractivity contribution >= 4 is 45.5 Å². The second-order valence-electron chi connectivity index (χ2n) is 9.17. The molecule has 1 amide bonds. The molecular weight excluding hydrogens is 416 g/mol. The molecule has 1 atom stereocenters. The summed E-state index contributed by atoms with van der Waals surface area (Å²) >= 11 is 6.91. The van der Waals surface area contributed by atoms with Crippen LogP contribution in [0.2, 0.25) is 0 Å². The zero-order chi connectivity index (χ0) is 22.3. The van der Waals surface area contributed by atoms with E-state index in [1.165, 1.54) is 24.8 Å². The van der Waals surface area contributed by atoms with E-state index < -0.39 is 0 Å². The Bertz CT molecular complexity index is 765. The number of methoxy groups -OCH3 is 1. The van der Waals surface area contributed by atoms with Gasteiger partial charge >= 0.3 is 5.97 Å². The van der Waals surface area contributed by atoms with Crippen LogP contribution in [0.1, 0.15) is 93.4 Å². The van der Waals surface area contributed by atoms with Crippen LogP contribution in [-0.4, -0.2) is 24.1 Å². The van der Waals surface area contributed by atoms with Crippen molar-refractivity contribution in [2.24, 2.45) is 11.3 Å². The highest BCUT2D eigenvalue weighted by molar-refractivity contribution is 7.80. The topological polar surface area (TPSA) is 67.4 Å². The summed E-state index contributed by atoms with van der Waals surface area (Å²) in [6.45, 7) is 8.97. The first-order valence-corrected chi connectivity index (χ1v) is 12.2. The minimum absolute atomic E-state index is 0.0854.